The van der Waals surface area contributed by atoms with Gasteiger partial charge in [0.2, 0.25) is 0 Å². The summed E-state index contributed by atoms with van der Waals surface area (Å²) in [5.41, 5.74) is 8.26. The third-order valence-corrected chi connectivity index (χ3v) is 6.33. The van der Waals surface area contributed by atoms with Crippen molar-refractivity contribution in [3.8, 4) is 0 Å². The fraction of sp³-hybridized carbons (Fsp3) is 0.182. The number of hydrogen-bond donors (Lipinski definition) is 2. The van der Waals surface area contributed by atoms with E-state index in [2.05, 4.69) is 22.3 Å². The summed E-state index contributed by atoms with van der Waals surface area (Å²) in [6, 6.07) is 15.5. The lowest BCUT2D eigenvalue weighted by Crippen LogP contribution is -2.30. The molecule has 32 heavy (non-hydrogen) atoms. The Kier molecular flexibility index (Phi) is 7.24. The molecule has 3 aromatic rings. The summed E-state index contributed by atoms with van der Waals surface area (Å²) in [5, 5.41) is 14.0. The number of nitro benzene ring substituents is 1. The van der Waals surface area contributed by atoms with Crippen molar-refractivity contribution in [2.45, 2.75) is 19.5 Å². The molecule has 3 N–H and O–H groups in total. The van der Waals surface area contributed by atoms with Gasteiger partial charge >= 0.3 is 0 Å². The second-order valence-corrected chi connectivity index (χ2v) is 8.38. The average Bonchev–Trinajstić information content (AvgIpc) is 3.11. The number of nitrogens with one attached hydrogen (secondary N) is 1. The lowest BCUT2D eigenvalue weighted by Gasteiger charge is -2.27. The Labute approximate surface area is 194 Å². The van der Waals surface area contributed by atoms with E-state index in [0.717, 1.165) is 23.5 Å². The molecule has 0 aliphatic carbocycles. The lowest BCUT2D eigenvalue weighted by molar-refractivity contribution is -0.384. The van der Waals surface area contributed by atoms with Crippen LogP contribution < -0.4 is 11.1 Å². The Hall–Kier alpha value is -3.27. The van der Waals surface area contributed by atoms with Crippen molar-refractivity contribution in [2.75, 3.05) is 11.9 Å². The predicted octanol–water partition coefficient (Wildman–Crippen LogP) is 3.99. The van der Waals surface area contributed by atoms with Gasteiger partial charge < -0.3 is 11.1 Å². The first-order valence-corrected chi connectivity index (χ1v) is 10.5. The number of carbonyl (C=O) groups excluding carboxylic acids is 2. The molecule has 0 saturated heterocycles. The molecule has 10 heteroatoms. The highest BCUT2D eigenvalue weighted by atomic mass is 35.5. The smallest absolute Gasteiger partial charge is 0.269 e. The van der Waals surface area contributed by atoms with Crippen LogP contribution in [-0.4, -0.2) is 28.2 Å². The van der Waals surface area contributed by atoms with Gasteiger partial charge in [0.25, 0.3) is 17.5 Å². The van der Waals surface area contributed by atoms with Crippen LogP contribution in [0.1, 0.15) is 36.7 Å². The number of anilines is 1. The number of fused-ring (bicyclic) bond motifs is 1. The minimum Gasteiger partial charge on any atom is -0.365 e. The number of halogens is 1. The van der Waals surface area contributed by atoms with Crippen LogP contribution in [0.25, 0.3) is 0 Å². The highest BCUT2D eigenvalue weighted by Gasteiger charge is 2.28. The van der Waals surface area contributed by atoms with Gasteiger partial charge in [0.15, 0.2) is 0 Å². The van der Waals surface area contributed by atoms with Gasteiger partial charge in [0, 0.05) is 42.2 Å². The van der Waals surface area contributed by atoms with Crippen LogP contribution in [0.15, 0.2) is 54.6 Å². The van der Waals surface area contributed by atoms with Gasteiger partial charge in [0.05, 0.1) is 10.5 Å². The van der Waals surface area contributed by atoms with Crippen molar-refractivity contribution in [1.82, 2.24) is 4.90 Å². The molecule has 0 fully saturated rings. The number of amides is 2. The SMILES string of the molecule is Cl.NC(=O)c1c(NC(=O)c2ccc([N+](=O)[O-])cc2)sc2c1CCN(Cc1ccccc1)C2. The van der Waals surface area contributed by atoms with Crippen molar-refractivity contribution in [3.63, 3.8) is 0 Å². The van der Waals surface area contributed by atoms with Gasteiger partial charge in [-0.1, -0.05) is 30.3 Å². The maximum Gasteiger partial charge on any atom is 0.269 e. The normalized spacial score (nSPS) is 13.0. The van der Waals surface area contributed by atoms with Crippen LogP contribution in [0, 0.1) is 10.1 Å². The first-order chi connectivity index (χ1) is 14.9. The van der Waals surface area contributed by atoms with Crippen LogP contribution in [0.3, 0.4) is 0 Å². The highest BCUT2D eigenvalue weighted by Crippen LogP contribution is 2.37. The van der Waals surface area contributed by atoms with Crippen molar-refractivity contribution in [1.29, 1.82) is 0 Å². The minimum atomic E-state index is -0.576. The maximum absolute atomic E-state index is 12.7. The number of carbonyl (C=O) groups is 2. The quantitative estimate of drug-likeness (QED) is 0.415. The third-order valence-electron chi connectivity index (χ3n) is 5.20. The van der Waals surface area contributed by atoms with Crippen molar-refractivity contribution >= 4 is 46.2 Å². The number of primary amides is 1. The van der Waals surface area contributed by atoms with E-state index < -0.39 is 16.7 Å². The molecule has 0 bridgehead atoms. The molecule has 0 spiro atoms. The number of benzene rings is 2. The van der Waals surface area contributed by atoms with E-state index in [1.54, 1.807) is 0 Å². The molecule has 1 aliphatic heterocycles. The molecular weight excluding hydrogens is 452 g/mol. The first-order valence-electron chi connectivity index (χ1n) is 9.69. The van der Waals surface area contributed by atoms with E-state index in [1.807, 2.05) is 18.2 Å². The molecule has 0 saturated carbocycles. The monoisotopic (exact) mass is 472 g/mol. The van der Waals surface area contributed by atoms with Gasteiger partial charge in [-0.15, -0.1) is 23.7 Å². The molecule has 0 radical (unpaired) electrons. The van der Waals surface area contributed by atoms with E-state index in [1.165, 1.54) is 41.2 Å². The molecule has 1 aromatic heterocycles. The highest BCUT2D eigenvalue weighted by molar-refractivity contribution is 7.17. The number of hydrogen-bond acceptors (Lipinski definition) is 6. The third kappa shape index (κ3) is 4.96. The average molecular weight is 473 g/mol. The van der Waals surface area contributed by atoms with Crippen molar-refractivity contribution in [3.05, 3.63) is 91.8 Å². The molecule has 2 aromatic carbocycles. The molecular formula is C22H21ClN4O4S. The molecule has 1 aliphatic rings. The summed E-state index contributed by atoms with van der Waals surface area (Å²) in [6.45, 7) is 2.26. The Bertz CT molecular complexity index is 1150. The molecule has 2 heterocycles. The van der Waals surface area contributed by atoms with E-state index >= 15 is 0 Å². The number of rotatable bonds is 6. The topological polar surface area (TPSA) is 119 Å². The molecule has 0 atom stereocenters. The second kappa shape index (κ2) is 9.90. The number of nitrogens with two attached hydrogens (primary N) is 1. The van der Waals surface area contributed by atoms with Crippen molar-refractivity contribution < 1.29 is 14.5 Å². The summed E-state index contributed by atoms with van der Waals surface area (Å²) < 4.78 is 0. The van der Waals surface area contributed by atoms with Crippen LogP contribution in [0.5, 0.6) is 0 Å². The van der Waals surface area contributed by atoms with E-state index in [4.69, 9.17) is 5.73 Å². The number of thiophene rings is 1. The van der Waals surface area contributed by atoms with Gasteiger partial charge in [-0.3, -0.25) is 24.6 Å². The zero-order valence-electron chi connectivity index (χ0n) is 16.9. The van der Waals surface area contributed by atoms with Crippen LogP contribution >= 0.6 is 23.7 Å². The zero-order valence-corrected chi connectivity index (χ0v) is 18.6. The van der Waals surface area contributed by atoms with Gasteiger partial charge in [-0.2, -0.15) is 0 Å². The second-order valence-electron chi connectivity index (χ2n) is 7.28. The number of nitrogens with zero attached hydrogens (tertiary/aromatic N) is 2. The summed E-state index contributed by atoms with van der Waals surface area (Å²) in [4.78, 5) is 38.4. The lowest BCUT2D eigenvalue weighted by atomic mass is 10.0. The fourth-order valence-electron chi connectivity index (χ4n) is 3.69. The summed E-state index contributed by atoms with van der Waals surface area (Å²) in [7, 11) is 0. The van der Waals surface area contributed by atoms with Crippen molar-refractivity contribution in [2.24, 2.45) is 5.73 Å². The molecule has 0 unspecified atom stereocenters. The first kappa shape index (κ1) is 23.4. The van der Waals surface area contributed by atoms with Gasteiger partial charge in [0.1, 0.15) is 5.00 Å². The Morgan fingerprint density at radius 2 is 1.81 bits per heavy atom. The van der Waals surface area contributed by atoms with Crippen LogP contribution in [0.4, 0.5) is 10.7 Å². The van der Waals surface area contributed by atoms with Gasteiger partial charge in [-0.25, -0.2) is 0 Å². The molecule has 2 amide bonds. The van der Waals surface area contributed by atoms with E-state index in [0.29, 0.717) is 23.5 Å². The fourth-order valence-corrected chi connectivity index (χ4v) is 4.98. The standard InChI is InChI=1S/C22H20N4O4S.ClH/c23-20(27)19-17-10-11-25(12-14-4-2-1-3-5-14)13-18(17)31-22(19)24-21(28)15-6-8-16(9-7-15)26(29)30;/h1-9H,10-13H2,(H2,23,27)(H,24,28);1H. The van der Waals surface area contributed by atoms with E-state index in [9.17, 15) is 19.7 Å². The molecule has 166 valence electrons. The molecule has 4 rings (SSSR count). The predicted molar refractivity (Wildman–Crippen MR) is 125 cm³/mol. The number of nitro groups is 1. The minimum absolute atomic E-state index is 0. The largest absolute Gasteiger partial charge is 0.365 e. The summed E-state index contributed by atoms with van der Waals surface area (Å²) >= 11 is 1.35. The van der Waals surface area contributed by atoms with Crippen LogP contribution in [-0.2, 0) is 19.5 Å². The number of non-ortho nitro benzene ring substituents is 1. The Morgan fingerprint density at radius 1 is 1.12 bits per heavy atom. The van der Waals surface area contributed by atoms with Gasteiger partial charge in [-0.05, 0) is 29.7 Å². The molecule has 8 nitrogen and oxygen atoms in total. The van der Waals surface area contributed by atoms with Crippen LogP contribution in [0.2, 0.25) is 0 Å². The van der Waals surface area contributed by atoms with E-state index in [-0.39, 0.29) is 23.7 Å². The zero-order chi connectivity index (χ0) is 22.0. The maximum atomic E-state index is 12.7. The Morgan fingerprint density at radius 3 is 2.44 bits per heavy atom. The summed E-state index contributed by atoms with van der Waals surface area (Å²) in [5.74, 6) is -1.02. The Balaban J connectivity index is 0.00000289. The summed E-state index contributed by atoms with van der Waals surface area (Å²) in [6.07, 6.45) is 0.671.